The highest BCUT2D eigenvalue weighted by molar-refractivity contribution is 5.91. The number of nitrogens with zero attached hydrogens (tertiary/aromatic N) is 1. The fourth-order valence-electron chi connectivity index (χ4n) is 7.25. The molecule has 0 aromatic rings. The van der Waals surface area contributed by atoms with Crippen molar-refractivity contribution in [2.45, 2.75) is 78.1 Å². The summed E-state index contributed by atoms with van der Waals surface area (Å²) < 4.78 is 0. The third kappa shape index (κ3) is 1.80. The summed E-state index contributed by atoms with van der Waals surface area (Å²) >= 11 is 0. The zero-order chi connectivity index (χ0) is 14.7. The minimum atomic E-state index is 0.216. The van der Waals surface area contributed by atoms with Gasteiger partial charge in [0.05, 0.1) is 5.71 Å². The van der Waals surface area contributed by atoms with Gasteiger partial charge >= 0.3 is 0 Å². The summed E-state index contributed by atoms with van der Waals surface area (Å²) in [5, 5.41) is 13.1. The zero-order valence-corrected chi connectivity index (χ0v) is 13.8. The largest absolute Gasteiger partial charge is 0.411 e. The van der Waals surface area contributed by atoms with Crippen LogP contribution in [0.5, 0.6) is 0 Å². The molecule has 2 heteroatoms. The second-order valence-electron chi connectivity index (χ2n) is 8.94. The SMILES string of the molecule is C[C@]12CCCC[C@@H]1CC[C@H]1[C@H]3CC/C(=N/O)[C@]3(C)CC[C@@H]12. The van der Waals surface area contributed by atoms with Crippen LogP contribution < -0.4 is 0 Å². The first-order valence-corrected chi connectivity index (χ1v) is 9.31. The van der Waals surface area contributed by atoms with Gasteiger partial charge in [-0.05, 0) is 80.5 Å². The van der Waals surface area contributed by atoms with Crippen molar-refractivity contribution in [2.24, 2.45) is 39.7 Å². The lowest BCUT2D eigenvalue weighted by Crippen LogP contribution is -2.52. The number of rotatable bonds is 0. The molecule has 118 valence electrons. The minimum Gasteiger partial charge on any atom is -0.411 e. The molecule has 0 saturated heterocycles. The molecule has 4 aliphatic rings. The van der Waals surface area contributed by atoms with E-state index in [-0.39, 0.29) is 5.41 Å². The van der Waals surface area contributed by atoms with Gasteiger partial charge in [-0.25, -0.2) is 0 Å². The van der Waals surface area contributed by atoms with Crippen LogP contribution in [-0.2, 0) is 0 Å². The van der Waals surface area contributed by atoms with E-state index in [2.05, 4.69) is 19.0 Å². The Morgan fingerprint density at radius 2 is 1.81 bits per heavy atom. The van der Waals surface area contributed by atoms with Crippen LogP contribution in [0.15, 0.2) is 5.16 Å². The number of oxime groups is 1. The first-order chi connectivity index (χ1) is 10.1. The van der Waals surface area contributed by atoms with Gasteiger partial charge in [0.15, 0.2) is 0 Å². The summed E-state index contributed by atoms with van der Waals surface area (Å²) in [5.74, 6) is 3.65. The Hall–Kier alpha value is -0.530. The standard InChI is InChI=1S/C19H31NO/c1-18-11-4-3-5-13(18)6-7-14-15-8-9-17(20-21)19(15,2)12-10-16(14)18/h13-16,21H,3-12H2,1-2H3/b20-17-/t13-,14+,15-,16+,18+,19-/m1/s1. The van der Waals surface area contributed by atoms with Crippen LogP contribution in [-0.4, -0.2) is 10.9 Å². The lowest BCUT2D eigenvalue weighted by molar-refractivity contribution is -0.0938. The molecule has 1 N–H and O–H groups in total. The van der Waals surface area contributed by atoms with Gasteiger partial charge in [-0.3, -0.25) is 0 Å². The lowest BCUT2D eigenvalue weighted by atomic mass is 9.45. The Kier molecular flexibility index (Phi) is 3.17. The van der Waals surface area contributed by atoms with E-state index in [0.29, 0.717) is 5.41 Å². The smallest absolute Gasteiger partial charge is 0.0632 e. The first kappa shape index (κ1) is 14.1. The Morgan fingerprint density at radius 1 is 0.952 bits per heavy atom. The molecule has 4 fully saturated rings. The molecular formula is C19H31NO. The van der Waals surface area contributed by atoms with Crippen molar-refractivity contribution in [1.29, 1.82) is 0 Å². The molecule has 0 heterocycles. The van der Waals surface area contributed by atoms with Crippen molar-refractivity contribution in [3.05, 3.63) is 0 Å². The van der Waals surface area contributed by atoms with Crippen LogP contribution in [0.25, 0.3) is 0 Å². The van der Waals surface area contributed by atoms with Crippen LogP contribution in [0.2, 0.25) is 0 Å². The normalized spacial score (nSPS) is 54.9. The van der Waals surface area contributed by atoms with Crippen LogP contribution in [0, 0.1) is 34.5 Å². The average Bonchev–Trinajstić information content (AvgIpc) is 2.83. The van der Waals surface area contributed by atoms with E-state index in [1.807, 2.05) is 0 Å². The van der Waals surface area contributed by atoms with E-state index in [0.717, 1.165) is 35.8 Å². The quantitative estimate of drug-likeness (QED) is 0.479. The minimum absolute atomic E-state index is 0.216. The van der Waals surface area contributed by atoms with E-state index in [1.165, 1.54) is 57.8 Å². The van der Waals surface area contributed by atoms with Gasteiger partial charge in [0, 0.05) is 5.41 Å². The molecule has 2 nitrogen and oxygen atoms in total. The van der Waals surface area contributed by atoms with Crippen molar-refractivity contribution in [3.8, 4) is 0 Å². The van der Waals surface area contributed by atoms with Gasteiger partial charge in [-0.15, -0.1) is 0 Å². The molecule has 4 saturated carbocycles. The molecule has 4 rings (SSSR count). The highest BCUT2D eigenvalue weighted by atomic mass is 16.4. The summed E-state index contributed by atoms with van der Waals surface area (Å²) in [6.07, 6.45) is 13.8. The van der Waals surface area contributed by atoms with Gasteiger partial charge in [0.1, 0.15) is 0 Å². The fraction of sp³-hybridized carbons (Fsp3) is 0.947. The molecule has 0 unspecified atom stereocenters. The monoisotopic (exact) mass is 289 g/mol. The maximum atomic E-state index is 9.39. The molecule has 21 heavy (non-hydrogen) atoms. The second kappa shape index (κ2) is 4.73. The predicted molar refractivity (Wildman–Crippen MR) is 85.6 cm³/mol. The lowest BCUT2D eigenvalue weighted by Gasteiger charge is -2.59. The van der Waals surface area contributed by atoms with E-state index < -0.39 is 0 Å². The maximum Gasteiger partial charge on any atom is 0.0632 e. The van der Waals surface area contributed by atoms with Crippen LogP contribution in [0.3, 0.4) is 0 Å². The number of fused-ring (bicyclic) bond motifs is 5. The molecule has 0 aromatic carbocycles. The topological polar surface area (TPSA) is 32.6 Å². The average molecular weight is 289 g/mol. The predicted octanol–water partition coefficient (Wildman–Crippen LogP) is 5.25. The van der Waals surface area contributed by atoms with E-state index in [9.17, 15) is 5.21 Å². The molecule has 0 spiro atoms. The van der Waals surface area contributed by atoms with Gasteiger partial charge in [-0.2, -0.15) is 0 Å². The summed E-state index contributed by atoms with van der Waals surface area (Å²) in [6, 6.07) is 0. The summed E-state index contributed by atoms with van der Waals surface area (Å²) in [5.41, 5.74) is 1.96. The Morgan fingerprint density at radius 3 is 2.62 bits per heavy atom. The Labute approximate surface area is 129 Å². The van der Waals surface area contributed by atoms with Gasteiger partial charge in [0.2, 0.25) is 0 Å². The third-order valence-corrected chi connectivity index (χ3v) is 8.44. The molecule has 0 aromatic heterocycles. The van der Waals surface area contributed by atoms with Gasteiger partial charge in [-0.1, -0.05) is 31.8 Å². The van der Waals surface area contributed by atoms with Crippen LogP contribution in [0.4, 0.5) is 0 Å². The van der Waals surface area contributed by atoms with Gasteiger partial charge in [0.25, 0.3) is 0 Å². The molecule has 0 bridgehead atoms. The third-order valence-electron chi connectivity index (χ3n) is 8.44. The maximum absolute atomic E-state index is 9.39. The van der Waals surface area contributed by atoms with E-state index in [4.69, 9.17) is 0 Å². The molecule has 0 radical (unpaired) electrons. The highest BCUT2D eigenvalue weighted by Gasteiger charge is 2.59. The fourth-order valence-corrected chi connectivity index (χ4v) is 7.25. The zero-order valence-electron chi connectivity index (χ0n) is 13.8. The number of hydrogen-bond donors (Lipinski definition) is 1. The van der Waals surface area contributed by atoms with Crippen molar-refractivity contribution in [2.75, 3.05) is 0 Å². The van der Waals surface area contributed by atoms with Crippen molar-refractivity contribution >= 4 is 5.71 Å². The van der Waals surface area contributed by atoms with Gasteiger partial charge < -0.3 is 5.21 Å². The summed E-state index contributed by atoms with van der Waals surface area (Å²) in [4.78, 5) is 0. The Balaban J connectivity index is 1.66. The summed E-state index contributed by atoms with van der Waals surface area (Å²) in [6.45, 7) is 5.03. The van der Waals surface area contributed by atoms with E-state index in [1.54, 1.807) is 0 Å². The van der Waals surface area contributed by atoms with Crippen LogP contribution >= 0.6 is 0 Å². The Bertz CT molecular complexity index is 458. The molecule has 0 amide bonds. The van der Waals surface area contributed by atoms with E-state index >= 15 is 0 Å². The van der Waals surface area contributed by atoms with Crippen molar-refractivity contribution in [1.82, 2.24) is 0 Å². The molecule has 4 aliphatic carbocycles. The first-order valence-electron chi connectivity index (χ1n) is 9.31. The molecular weight excluding hydrogens is 258 g/mol. The van der Waals surface area contributed by atoms with Crippen molar-refractivity contribution in [3.63, 3.8) is 0 Å². The van der Waals surface area contributed by atoms with Crippen LogP contribution in [0.1, 0.15) is 78.1 Å². The second-order valence-corrected chi connectivity index (χ2v) is 8.94. The summed E-state index contributed by atoms with van der Waals surface area (Å²) in [7, 11) is 0. The van der Waals surface area contributed by atoms with Crippen molar-refractivity contribution < 1.29 is 5.21 Å². The molecule has 0 aliphatic heterocycles. The number of hydrogen-bond acceptors (Lipinski definition) is 2. The highest BCUT2D eigenvalue weighted by Crippen LogP contribution is 2.65. The molecule has 6 atom stereocenters.